The molecule has 0 fully saturated rings. The molecule has 0 spiro atoms. The fourth-order valence-electron chi connectivity index (χ4n) is 1.54. The lowest BCUT2D eigenvalue weighted by molar-refractivity contribution is 0.111. The zero-order valence-electron chi connectivity index (χ0n) is 12.0. The van der Waals surface area contributed by atoms with Crippen LogP contribution in [0.5, 0.6) is 11.5 Å². The minimum absolute atomic E-state index is 0.00849. The van der Waals surface area contributed by atoms with Gasteiger partial charge in [-0.2, -0.15) is 0 Å². The minimum Gasteiger partial charge on any atom is -0.490 e. The van der Waals surface area contributed by atoms with Crippen LogP contribution in [0.2, 0.25) is 0 Å². The number of rotatable bonds is 8. The van der Waals surface area contributed by atoms with Crippen molar-refractivity contribution < 1.29 is 22.7 Å². The molecule has 6 heteroatoms. The van der Waals surface area contributed by atoms with Gasteiger partial charge in [0.1, 0.15) is 6.61 Å². The summed E-state index contributed by atoms with van der Waals surface area (Å²) in [5.74, 6) is 0.644. The van der Waals surface area contributed by atoms with Crippen molar-refractivity contribution in [1.29, 1.82) is 0 Å². The van der Waals surface area contributed by atoms with E-state index in [9.17, 15) is 13.2 Å². The molecule has 0 bridgehead atoms. The Bertz CT molecular complexity index is 549. The third kappa shape index (κ3) is 4.23. The summed E-state index contributed by atoms with van der Waals surface area (Å²) in [4.78, 5) is 11.0. The van der Waals surface area contributed by atoms with Crippen LogP contribution in [0.4, 0.5) is 0 Å². The van der Waals surface area contributed by atoms with Gasteiger partial charge in [-0.25, -0.2) is 8.42 Å². The molecule has 0 heterocycles. The maximum Gasteiger partial charge on any atom is 0.171 e. The van der Waals surface area contributed by atoms with Gasteiger partial charge in [-0.3, -0.25) is 4.79 Å². The number of hydrogen-bond acceptors (Lipinski definition) is 5. The highest BCUT2D eigenvalue weighted by molar-refractivity contribution is 7.91. The molecule has 112 valence electrons. The topological polar surface area (TPSA) is 69.7 Å². The van der Waals surface area contributed by atoms with E-state index in [4.69, 9.17) is 9.47 Å². The summed E-state index contributed by atoms with van der Waals surface area (Å²) in [6.07, 6.45) is 0.662. The second-order valence-corrected chi connectivity index (χ2v) is 7.17. The molecular weight excluding hydrogens is 280 g/mol. The lowest BCUT2D eigenvalue weighted by Gasteiger charge is -2.14. The van der Waals surface area contributed by atoms with Crippen molar-refractivity contribution in [3.63, 3.8) is 0 Å². The van der Waals surface area contributed by atoms with Crippen LogP contribution in [0.25, 0.3) is 0 Å². The van der Waals surface area contributed by atoms with E-state index in [0.717, 1.165) is 0 Å². The molecule has 0 N–H and O–H groups in total. The van der Waals surface area contributed by atoms with Gasteiger partial charge in [0.15, 0.2) is 27.6 Å². The summed E-state index contributed by atoms with van der Waals surface area (Å²) in [6.45, 7) is 5.50. The molecule has 0 saturated heterocycles. The average molecular weight is 300 g/mol. The summed E-state index contributed by atoms with van der Waals surface area (Å²) in [6, 6.07) is 4.97. The van der Waals surface area contributed by atoms with Crippen LogP contribution in [-0.2, 0) is 9.84 Å². The summed E-state index contributed by atoms with van der Waals surface area (Å²) < 4.78 is 34.2. The van der Waals surface area contributed by atoms with E-state index < -0.39 is 15.1 Å². The van der Waals surface area contributed by atoms with Gasteiger partial charge in [0.05, 0.1) is 23.2 Å². The van der Waals surface area contributed by atoms with Gasteiger partial charge in [0.2, 0.25) is 0 Å². The summed E-state index contributed by atoms with van der Waals surface area (Å²) in [5, 5.41) is -0.446. The normalized spacial score (nSPS) is 11.4. The number of benzene rings is 1. The van der Waals surface area contributed by atoms with Crippen LogP contribution in [0.3, 0.4) is 0 Å². The van der Waals surface area contributed by atoms with Gasteiger partial charge in [-0.05, 0) is 32.9 Å². The molecule has 0 aliphatic carbocycles. The number of aldehydes is 1. The summed E-state index contributed by atoms with van der Waals surface area (Å²) in [7, 11) is -3.17. The predicted octanol–water partition coefficient (Wildman–Crippen LogP) is 2.10. The number of para-hydroxylation sites is 1. The molecule has 0 atom stereocenters. The fourth-order valence-corrected chi connectivity index (χ4v) is 2.33. The van der Waals surface area contributed by atoms with Gasteiger partial charge in [0.25, 0.3) is 0 Å². The van der Waals surface area contributed by atoms with E-state index in [1.165, 1.54) is 0 Å². The maximum absolute atomic E-state index is 11.7. The zero-order valence-corrected chi connectivity index (χ0v) is 12.8. The van der Waals surface area contributed by atoms with Crippen molar-refractivity contribution in [2.75, 3.05) is 19.0 Å². The standard InChI is InChI=1S/C14H20O5S/c1-4-18-13-7-5-6-12(10-15)14(13)19-8-9-20(16,17)11(2)3/h5-7,10-11H,4,8-9H2,1-3H3. The van der Waals surface area contributed by atoms with Crippen molar-refractivity contribution in [2.45, 2.75) is 26.0 Å². The van der Waals surface area contributed by atoms with E-state index in [2.05, 4.69) is 0 Å². The lowest BCUT2D eigenvalue weighted by Crippen LogP contribution is -2.22. The van der Waals surface area contributed by atoms with E-state index in [1.54, 1.807) is 32.0 Å². The summed E-state index contributed by atoms with van der Waals surface area (Å²) in [5.41, 5.74) is 0.345. The first-order valence-corrected chi connectivity index (χ1v) is 8.19. The number of sulfone groups is 1. The number of ether oxygens (including phenoxy) is 2. The van der Waals surface area contributed by atoms with E-state index in [1.807, 2.05) is 6.92 Å². The Labute approximate surface area is 119 Å². The molecule has 0 aliphatic rings. The van der Waals surface area contributed by atoms with Crippen LogP contribution in [-0.4, -0.2) is 38.9 Å². The van der Waals surface area contributed by atoms with E-state index in [-0.39, 0.29) is 12.4 Å². The third-order valence-electron chi connectivity index (χ3n) is 2.77. The molecule has 5 nitrogen and oxygen atoms in total. The van der Waals surface area contributed by atoms with Crippen molar-refractivity contribution in [2.24, 2.45) is 0 Å². The molecule has 1 aromatic carbocycles. The zero-order chi connectivity index (χ0) is 15.2. The van der Waals surface area contributed by atoms with E-state index >= 15 is 0 Å². The second kappa shape index (κ2) is 7.28. The molecule has 0 aromatic heterocycles. The first kappa shape index (κ1) is 16.5. The first-order chi connectivity index (χ1) is 9.42. The van der Waals surface area contributed by atoms with E-state index in [0.29, 0.717) is 30.0 Å². The van der Waals surface area contributed by atoms with Crippen molar-refractivity contribution in [3.8, 4) is 11.5 Å². The van der Waals surface area contributed by atoms with Crippen LogP contribution in [0.1, 0.15) is 31.1 Å². The molecule has 0 amide bonds. The molecule has 0 saturated carbocycles. The monoisotopic (exact) mass is 300 g/mol. The van der Waals surface area contributed by atoms with Crippen molar-refractivity contribution >= 4 is 16.1 Å². The average Bonchev–Trinajstić information content (AvgIpc) is 2.40. The van der Waals surface area contributed by atoms with Gasteiger partial charge >= 0.3 is 0 Å². The van der Waals surface area contributed by atoms with Crippen LogP contribution < -0.4 is 9.47 Å². The molecule has 20 heavy (non-hydrogen) atoms. The molecule has 0 radical (unpaired) electrons. The van der Waals surface area contributed by atoms with Crippen molar-refractivity contribution in [1.82, 2.24) is 0 Å². The SMILES string of the molecule is CCOc1cccc(C=O)c1OCCS(=O)(=O)C(C)C. The van der Waals surface area contributed by atoms with Crippen molar-refractivity contribution in [3.05, 3.63) is 23.8 Å². The highest BCUT2D eigenvalue weighted by atomic mass is 32.2. The Morgan fingerprint density at radius 2 is 1.95 bits per heavy atom. The Hall–Kier alpha value is -1.56. The number of carbonyl (C=O) groups is 1. The van der Waals surface area contributed by atoms with Gasteiger partial charge in [-0.15, -0.1) is 0 Å². The highest BCUT2D eigenvalue weighted by Gasteiger charge is 2.17. The Morgan fingerprint density at radius 1 is 1.25 bits per heavy atom. The largest absolute Gasteiger partial charge is 0.490 e. The van der Waals surface area contributed by atoms with Gasteiger partial charge in [0, 0.05) is 0 Å². The van der Waals surface area contributed by atoms with Gasteiger partial charge < -0.3 is 9.47 Å². The van der Waals surface area contributed by atoms with Crippen LogP contribution >= 0.6 is 0 Å². The minimum atomic E-state index is -3.17. The number of hydrogen-bond donors (Lipinski definition) is 0. The van der Waals surface area contributed by atoms with Crippen LogP contribution in [0.15, 0.2) is 18.2 Å². The second-order valence-electron chi connectivity index (χ2n) is 4.49. The molecule has 0 aliphatic heterocycles. The maximum atomic E-state index is 11.7. The smallest absolute Gasteiger partial charge is 0.171 e. The predicted molar refractivity (Wildman–Crippen MR) is 77.4 cm³/mol. The lowest BCUT2D eigenvalue weighted by atomic mass is 10.2. The fraction of sp³-hybridized carbons (Fsp3) is 0.500. The number of carbonyl (C=O) groups excluding carboxylic acids is 1. The first-order valence-electron chi connectivity index (χ1n) is 6.47. The third-order valence-corrected chi connectivity index (χ3v) is 4.94. The highest BCUT2D eigenvalue weighted by Crippen LogP contribution is 2.30. The Morgan fingerprint density at radius 3 is 2.50 bits per heavy atom. The molecule has 1 rings (SSSR count). The molecular formula is C14H20O5S. The van der Waals surface area contributed by atoms with Crippen LogP contribution in [0, 0.1) is 0 Å². The Kier molecular flexibility index (Phi) is 6.01. The molecule has 0 unspecified atom stereocenters. The molecule has 1 aromatic rings. The van der Waals surface area contributed by atoms with Gasteiger partial charge in [-0.1, -0.05) is 6.07 Å². The Balaban J connectivity index is 2.83. The summed E-state index contributed by atoms with van der Waals surface area (Å²) >= 11 is 0. The quantitative estimate of drug-likeness (QED) is 0.688.